The molecule has 2 nitrogen and oxygen atoms in total. The molecule has 168 valence electrons. The molecule has 4 aliphatic heterocycles. The van der Waals surface area contributed by atoms with E-state index < -0.39 is 0 Å². The lowest BCUT2D eigenvalue weighted by Gasteiger charge is -2.25. The molecule has 4 unspecified atom stereocenters. The van der Waals surface area contributed by atoms with Gasteiger partial charge in [-0.2, -0.15) is 0 Å². The van der Waals surface area contributed by atoms with Gasteiger partial charge in [-0.1, -0.05) is 74.7 Å². The summed E-state index contributed by atoms with van der Waals surface area (Å²) in [6.45, 7) is 8.76. The zero-order chi connectivity index (χ0) is 21.4. The molecule has 4 heterocycles. The molecule has 0 fully saturated rings. The van der Waals surface area contributed by atoms with Gasteiger partial charge in [0.15, 0.2) is 0 Å². The smallest absolute Gasteiger partial charge is 0.0784 e. The van der Waals surface area contributed by atoms with Crippen LogP contribution in [0.2, 0.25) is 0 Å². The Hall–Kier alpha value is 1.94. The Labute approximate surface area is 214 Å². The molecule has 0 amide bonds. The highest BCUT2D eigenvalue weighted by Gasteiger charge is 2.41. The van der Waals surface area contributed by atoms with E-state index in [9.17, 15) is 10.2 Å². The predicted molar refractivity (Wildman–Crippen MR) is 150 cm³/mol. The van der Waals surface area contributed by atoms with E-state index in [1.54, 1.807) is 0 Å². The Kier molecular flexibility index (Phi) is 9.28. The van der Waals surface area contributed by atoms with Crippen molar-refractivity contribution in [2.75, 3.05) is 0 Å². The number of aliphatic hydroxyl groups excluding tert-OH is 2. The fraction of sp³-hybridized carbons (Fsp3) is 0.700. The molecule has 0 aromatic heterocycles. The van der Waals surface area contributed by atoms with Crippen molar-refractivity contribution in [1.82, 2.24) is 0 Å². The van der Waals surface area contributed by atoms with Crippen molar-refractivity contribution in [3.8, 4) is 0 Å². The van der Waals surface area contributed by atoms with Gasteiger partial charge in [0.25, 0.3) is 0 Å². The van der Waals surface area contributed by atoms with E-state index in [4.69, 9.17) is 0 Å². The van der Waals surface area contributed by atoms with E-state index in [2.05, 4.69) is 27.7 Å². The summed E-state index contributed by atoms with van der Waals surface area (Å²) >= 11 is 15.2. The molecule has 4 rings (SSSR count). The zero-order valence-corrected chi connectivity index (χ0v) is 24.0. The highest BCUT2D eigenvalue weighted by Crippen LogP contribution is 2.69. The predicted octanol–water partition coefficient (Wildman–Crippen LogP) is 8.12. The molecule has 2 N–H and O–H groups in total. The third-order valence-corrected chi connectivity index (χ3v) is 18.6. The molecule has 0 saturated carbocycles. The van der Waals surface area contributed by atoms with Crippen molar-refractivity contribution in [2.45, 2.75) is 86.6 Å². The minimum Gasteiger partial charge on any atom is -0.391 e. The standard InChI is InChI=1S/C20H28O2S8/c1-5-9-13(21)10(6-2)24-16-15(23-9)27-19(28-16)20-29-17-18(30-20)26-12(8-4)14(22)11(7-3)25-17/h9-14,21-22H,5-8H2,1-4H3. The molecule has 30 heavy (non-hydrogen) atoms. The summed E-state index contributed by atoms with van der Waals surface area (Å²) in [5.74, 6) is 0. The highest BCUT2D eigenvalue weighted by atomic mass is 32.3. The van der Waals surface area contributed by atoms with Crippen LogP contribution in [0.15, 0.2) is 25.4 Å². The topological polar surface area (TPSA) is 40.5 Å². The van der Waals surface area contributed by atoms with Gasteiger partial charge in [-0.3, -0.25) is 0 Å². The van der Waals surface area contributed by atoms with E-state index in [1.165, 1.54) is 25.4 Å². The van der Waals surface area contributed by atoms with E-state index in [0.717, 1.165) is 25.7 Å². The number of thioether (sulfide) groups is 8. The molecule has 0 aromatic carbocycles. The van der Waals surface area contributed by atoms with Gasteiger partial charge in [0.1, 0.15) is 0 Å². The van der Waals surface area contributed by atoms with Gasteiger partial charge < -0.3 is 10.2 Å². The molecular formula is C20H28O2S8. The Morgan fingerprint density at radius 3 is 0.900 bits per heavy atom. The van der Waals surface area contributed by atoms with Gasteiger partial charge in [0.2, 0.25) is 0 Å². The lowest BCUT2D eigenvalue weighted by molar-refractivity contribution is 0.165. The van der Waals surface area contributed by atoms with Crippen molar-refractivity contribution in [3.63, 3.8) is 0 Å². The second-order valence-corrected chi connectivity index (χ2v) is 18.0. The molecular weight excluding hydrogens is 529 g/mol. The molecule has 0 saturated heterocycles. The lowest BCUT2D eigenvalue weighted by Crippen LogP contribution is -2.31. The third-order valence-electron chi connectivity index (χ3n) is 5.41. The number of rotatable bonds is 4. The van der Waals surface area contributed by atoms with Crippen LogP contribution in [0.4, 0.5) is 0 Å². The molecule has 10 heteroatoms. The van der Waals surface area contributed by atoms with Crippen LogP contribution in [0.5, 0.6) is 0 Å². The van der Waals surface area contributed by atoms with Crippen LogP contribution in [0.1, 0.15) is 53.4 Å². The number of hydrogen-bond donors (Lipinski definition) is 2. The second kappa shape index (κ2) is 11.1. The van der Waals surface area contributed by atoms with Crippen LogP contribution in [-0.4, -0.2) is 43.4 Å². The zero-order valence-electron chi connectivity index (χ0n) is 17.5. The first-order valence-electron chi connectivity index (χ1n) is 10.5. The van der Waals surface area contributed by atoms with Crippen LogP contribution in [-0.2, 0) is 0 Å². The maximum atomic E-state index is 10.8. The molecule has 0 radical (unpaired) electrons. The van der Waals surface area contributed by atoms with E-state index >= 15 is 0 Å². The maximum absolute atomic E-state index is 10.8. The lowest BCUT2D eigenvalue weighted by atomic mass is 10.1. The molecule has 0 aliphatic carbocycles. The van der Waals surface area contributed by atoms with Gasteiger partial charge >= 0.3 is 0 Å². The summed E-state index contributed by atoms with van der Waals surface area (Å²) in [7, 11) is 0. The second-order valence-electron chi connectivity index (χ2n) is 7.37. The SMILES string of the molecule is CCC1SC2=C(SC(=C3SC4=C(S3)SC(CC)C(O)C(CC)S4)S2)SC(CC)C1O. The largest absolute Gasteiger partial charge is 0.391 e. The van der Waals surface area contributed by atoms with Crippen molar-refractivity contribution in [1.29, 1.82) is 0 Å². The van der Waals surface area contributed by atoms with Gasteiger partial charge in [-0.25, -0.2) is 0 Å². The van der Waals surface area contributed by atoms with E-state index in [1.807, 2.05) is 94.1 Å². The maximum Gasteiger partial charge on any atom is 0.0784 e. The quantitative estimate of drug-likeness (QED) is 0.355. The molecule has 4 aliphatic rings. The van der Waals surface area contributed by atoms with Crippen LogP contribution in [0, 0.1) is 0 Å². The number of aliphatic hydroxyl groups is 2. The minimum atomic E-state index is -0.234. The van der Waals surface area contributed by atoms with Crippen molar-refractivity contribution >= 4 is 94.1 Å². The first kappa shape index (κ1) is 25.0. The molecule has 0 bridgehead atoms. The van der Waals surface area contributed by atoms with Gasteiger partial charge in [-0.15, -0.1) is 47.0 Å². The van der Waals surface area contributed by atoms with Crippen LogP contribution in [0.3, 0.4) is 0 Å². The fourth-order valence-corrected chi connectivity index (χ4v) is 17.0. The monoisotopic (exact) mass is 556 g/mol. The van der Waals surface area contributed by atoms with Crippen molar-refractivity contribution in [3.05, 3.63) is 25.4 Å². The highest BCUT2D eigenvalue weighted by molar-refractivity contribution is 8.45. The summed E-state index contributed by atoms with van der Waals surface area (Å²) in [4.78, 5) is 0. The Morgan fingerprint density at radius 1 is 0.467 bits per heavy atom. The van der Waals surface area contributed by atoms with Gasteiger partial charge in [0.05, 0.1) is 37.6 Å². The van der Waals surface area contributed by atoms with Gasteiger partial charge in [0, 0.05) is 21.0 Å². The van der Waals surface area contributed by atoms with Crippen molar-refractivity contribution < 1.29 is 10.2 Å². The average Bonchev–Trinajstić information content (AvgIpc) is 3.28. The van der Waals surface area contributed by atoms with Crippen molar-refractivity contribution in [2.24, 2.45) is 0 Å². The summed E-state index contributed by atoms with van der Waals surface area (Å²) < 4.78 is 8.40. The fourth-order valence-electron chi connectivity index (χ4n) is 3.61. The average molecular weight is 557 g/mol. The third kappa shape index (κ3) is 5.13. The van der Waals surface area contributed by atoms with E-state index in [0.29, 0.717) is 0 Å². The molecule has 0 spiro atoms. The number of hydrogen-bond acceptors (Lipinski definition) is 10. The van der Waals surface area contributed by atoms with Crippen LogP contribution < -0.4 is 0 Å². The summed E-state index contributed by atoms with van der Waals surface area (Å²) in [6, 6.07) is 0. The Bertz CT molecular complexity index is 646. The minimum absolute atomic E-state index is 0.234. The summed E-state index contributed by atoms with van der Waals surface area (Å²) in [6.07, 6.45) is 3.54. The first-order chi connectivity index (χ1) is 14.5. The molecule has 0 aromatic rings. The molecule has 4 atom stereocenters. The Balaban J connectivity index is 1.51. The Morgan fingerprint density at radius 2 is 0.700 bits per heavy atom. The van der Waals surface area contributed by atoms with Gasteiger partial charge in [-0.05, 0) is 25.7 Å². The summed E-state index contributed by atoms with van der Waals surface area (Å²) in [5, 5.41) is 22.7. The first-order valence-corrected chi connectivity index (χ1v) is 17.2. The normalized spacial score (nSPS) is 37.4. The van der Waals surface area contributed by atoms with Crippen LogP contribution in [0.25, 0.3) is 0 Å². The summed E-state index contributed by atoms with van der Waals surface area (Å²) in [5.41, 5.74) is 0. The van der Waals surface area contributed by atoms with E-state index in [-0.39, 0.29) is 33.2 Å². The van der Waals surface area contributed by atoms with Crippen LogP contribution >= 0.6 is 94.1 Å².